The Balaban J connectivity index is 1.70. The van der Waals surface area contributed by atoms with E-state index in [2.05, 4.69) is 47.3 Å². The van der Waals surface area contributed by atoms with Crippen LogP contribution >= 0.6 is 0 Å². The smallest absolute Gasteiger partial charge is 0.335 e. The van der Waals surface area contributed by atoms with Crippen LogP contribution < -0.4 is 11.1 Å². The summed E-state index contributed by atoms with van der Waals surface area (Å²) in [5.41, 5.74) is 11.3. The first-order valence-corrected chi connectivity index (χ1v) is 8.70. The van der Waals surface area contributed by atoms with Gasteiger partial charge in [0.1, 0.15) is 5.82 Å². The van der Waals surface area contributed by atoms with Crippen LogP contribution in [0, 0.1) is 13.8 Å². The van der Waals surface area contributed by atoms with Gasteiger partial charge in [-0.1, -0.05) is 29.3 Å². The molecule has 2 aromatic carbocycles. The lowest BCUT2D eigenvalue weighted by atomic mass is 10.0. The molecule has 0 radical (unpaired) electrons. The van der Waals surface area contributed by atoms with Crippen molar-refractivity contribution in [3.8, 4) is 11.3 Å². The Morgan fingerprint density at radius 2 is 1.70 bits per heavy atom. The summed E-state index contributed by atoms with van der Waals surface area (Å²) < 4.78 is 0. The van der Waals surface area contributed by atoms with Gasteiger partial charge in [-0.05, 0) is 50.1 Å². The molecule has 1 aromatic heterocycles. The van der Waals surface area contributed by atoms with Crippen LogP contribution in [-0.4, -0.2) is 27.6 Å². The summed E-state index contributed by atoms with van der Waals surface area (Å²) in [4.78, 5) is 19.5. The highest BCUT2D eigenvalue weighted by atomic mass is 16.4. The molecule has 0 spiro atoms. The van der Waals surface area contributed by atoms with Crippen LogP contribution in [0.1, 0.15) is 27.0 Å². The van der Waals surface area contributed by atoms with Crippen molar-refractivity contribution in [2.24, 2.45) is 0 Å². The van der Waals surface area contributed by atoms with Gasteiger partial charge in [0.25, 0.3) is 0 Å². The maximum Gasteiger partial charge on any atom is 0.335 e. The number of rotatable bonds is 6. The molecule has 0 aliphatic rings. The Hall–Kier alpha value is -3.41. The summed E-state index contributed by atoms with van der Waals surface area (Å²) in [6.45, 7) is 4.75. The molecule has 1 heterocycles. The van der Waals surface area contributed by atoms with E-state index in [9.17, 15) is 4.79 Å². The Morgan fingerprint density at radius 3 is 2.33 bits per heavy atom. The number of carboxylic acid groups (broad SMARTS) is 1. The zero-order chi connectivity index (χ0) is 19.4. The van der Waals surface area contributed by atoms with E-state index in [1.165, 1.54) is 11.1 Å². The molecule has 6 nitrogen and oxygen atoms in total. The molecule has 3 rings (SSSR count). The fraction of sp³-hybridized carbons (Fsp3) is 0.190. The zero-order valence-electron chi connectivity index (χ0n) is 15.4. The number of nitrogens with two attached hydrogens (primary N) is 1. The maximum absolute atomic E-state index is 10.9. The van der Waals surface area contributed by atoms with Gasteiger partial charge in [0, 0.05) is 18.2 Å². The Labute approximate surface area is 158 Å². The number of benzene rings is 2. The molecule has 4 N–H and O–H groups in total. The number of carboxylic acids is 1. The first-order valence-electron chi connectivity index (χ1n) is 8.70. The highest BCUT2D eigenvalue weighted by Crippen LogP contribution is 2.23. The second-order valence-electron chi connectivity index (χ2n) is 6.55. The summed E-state index contributed by atoms with van der Waals surface area (Å²) in [6.07, 6.45) is 0.739. The van der Waals surface area contributed by atoms with Gasteiger partial charge >= 0.3 is 5.97 Å². The van der Waals surface area contributed by atoms with Crippen LogP contribution in [0.25, 0.3) is 11.3 Å². The first kappa shape index (κ1) is 18.4. The molecule has 3 aromatic rings. The molecule has 27 heavy (non-hydrogen) atoms. The van der Waals surface area contributed by atoms with E-state index >= 15 is 0 Å². The summed E-state index contributed by atoms with van der Waals surface area (Å²) in [6, 6.07) is 15.0. The van der Waals surface area contributed by atoms with Gasteiger partial charge in [0.15, 0.2) is 0 Å². The molecule has 0 aliphatic heterocycles. The van der Waals surface area contributed by atoms with Crippen LogP contribution in [-0.2, 0) is 6.42 Å². The molecule has 0 aliphatic carbocycles. The second-order valence-corrected chi connectivity index (χ2v) is 6.55. The third-order valence-corrected chi connectivity index (χ3v) is 4.18. The number of aromatic nitrogens is 2. The molecular weight excluding hydrogens is 340 g/mol. The zero-order valence-corrected chi connectivity index (χ0v) is 15.4. The fourth-order valence-corrected chi connectivity index (χ4v) is 2.98. The SMILES string of the molecule is Cc1cc(C)cc(-c2cc(NCCc3ccc(C(=O)O)cc3)nc(N)n2)c1. The number of anilines is 2. The fourth-order valence-electron chi connectivity index (χ4n) is 2.98. The normalized spacial score (nSPS) is 10.6. The lowest BCUT2D eigenvalue weighted by Gasteiger charge is -2.10. The molecule has 0 amide bonds. The summed E-state index contributed by atoms with van der Waals surface area (Å²) in [7, 11) is 0. The van der Waals surface area contributed by atoms with Crippen LogP contribution in [0.15, 0.2) is 48.5 Å². The molecule has 138 valence electrons. The number of aromatic carboxylic acids is 1. The van der Waals surface area contributed by atoms with Crippen molar-refractivity contribution >= 4 is 17.7 Å². The monoisotopic (exact) mass is 362 g/mol. The van der Waals surface area contributed by atoms with E-state index in [-0.39, 0.29) is 11.5 Å². The minimum atomic E-state index is -0.921. The highest BCUT2D eigenvalue weighted by Gasteiger charge is 2.07. The van der Waals surface area contributed by atoms with E-state index in [0.717, 1.165) is 23.2 Å². The third kappa shape index (κ3) is 4.82. The average molecular weight is 362 g/mol. The number of nitrogens with one attached hydrogen (secondary N) is 1. The lowest BCUT2D eigenvalue weighted by molar-refractivity contribution is 0.0697. The van der Waals surface area contributed by atoms with Gasteiger partial charge in [-0.2, -0.15) is 4.98 Å². The summed E-state index contributed by atoms with van der Waals surface area (Å²) in [5.74, 6) is -0.0335. The number of hydrogen-bond donors (Lipinski definition) is 3. The average Bonchev–Trinajstić information content (AvgIpc) is 2.61. The molecule has 0 saturated carbocycles. The Morgan fingerprint density at radius 1 is 1.04 bits per heavy atom. The van der Waals surface area contributed by atoms with Crippen LogP contribution in [0.4, 0.5) is 11.8 Å². The van der Waals surface area contributed by atoms with Crippen molar-refractivity contribution in [2.45, 2.75) is 20.3 Å². The van der Waals surface area contributed by atoms with Gasteiger partial charge in [-0.3, -0.25) is 0 Å². The number of nitrogen functional groups attached to an aromatic ring is 1. The largest absolute Gasteiger partial charge is 0.478 e. The first-order chi connectivity index (χ1) is 12.9. The predicted molar refractivity (Wildman–Crippen MR) is 107 cm³/mol. The molecule has 0 fully saturated rings. The van der Waals surface area contributed by atoms with Crippen LogP contribution in [0.5, 0.6) is 0 Å². The second kappa shape index (κ2) is 7.86. The number of aryl methyl sites for hydroxylation is 2. The van der Waals surface area contributed by atoms with E-state index in [1.807, 2.05) is 18.2 Å². The van der Waals surface area contributed by atoms with Crippen molar-refractivity contribution in [1.29, 1.82) is 0 Å². The Kier molecular flexibility index (Phi) is 5.35. The molecule has 0 bridgehead atoms. The topological polar surface area (TPSA) is 101 Å². The van der Waals surface area contributed by atoms with Crippen molar-refractivity contribution in [3.05, 3.63) is 70.8 Å². The van der Waals surface area contributed by atoms with Gasteiger partial charge in [0.2, 0.25) is 5.95 Å². The molecule has 0 unspecified atom stereocenters. The summed E-state index contributed by atoms with van der Waals surface area (Å²) in [5, 5.41) is 12.2. The Bertz CT molecular complexity index is 948. The standard InChI is InChI=1S/C21H22N4O2/c1-13-9-14(2)11-17(10-13)18-12-19(25-21(22)24-18)23-8-7-15-3-5-16(6-4-15)20(26)27/h3-6,9-12H,7-8H2,1-2H3,(H,26,27)(H3,22,23,24,25). The van der Waals surface area contributed by atoms with Gasteiger partial charge in [-0.15, -0.1) is 0 Å². The van der Waals surface area contributed by atoms with Crippen molar-refractivity contribution in [1.82, 2.24) is 9.97 Å². The molecular formula is C21H22N4O2. The van der Waals surface area contributed by atoms with Crippen molar-refractivity contribution < 1.29 is 9.90 Å². The van der Waals surface area contributed by atoms with Crippen LogP contribution in [0.3, 0.4) is 0 Å². The maximum atomic E-state index is 10.9. The van der Waals surface area contributed by atoms with E-state index in [4.69, 9.17) is 10.8 Å². The minimum absolute atomic E-state index is 0.222. The van der Waals surface area contributed by atoms with Crippen molar-refractivity contribution in [2.75, 3.05) is 17.6 Å². The van der Waals surface area contributed by atoms with Gasteiger partial charge in [0.05, 0.1) is 11.3 Å². The van der Waals surface area contributed by atoms with Gasteiger partial charge < -0.3 is 16.2 Å². The third-order valence-electron chi connectivity index (χ3n) is 4.18. The minimum Gasteiger partial charge on any atom is -0.478 e. The van der Waals surface area contributed by atoms with Crippen LogP contribution in [0.2, 0.25) is 0 Å². The quantitative estimate of drug-likeness (QED) is 0.618. The van der Waals surface area contributed by atoms with E-state index in [1.54, 1.807) is 12.1 Å². The van der Waals surface area contributed by atoms with E-state index < -0.39 is 5.97 Å². The number of carbonyl (C=O) groups is 1. The molecule has 0 saturated heterocycles. The molecule has 6 heteroatoms. The highest BCUT2D eigenvalue weighted by molar-refractivity contribution is 5.87. The predicted octanol–water partition coefficient (Wildman–Crippen LogP) is 3.70. The number of nitrogens with zero attached hydrogens (tertiary/aromatic N) is 2. The number of hydrogen-bond acceptors (Lipinski definition) is 5. The van der Waals surface area contributed by atoms with Gasteiger partial charge in [-0.25, -0.2) is 9.78 Å². The lowest BCUT2D eigenvalue weighted by Crippen LogP contribution is -2.09. The molecule has 0 atom stereocenters. The van der Waals surface area contributed by atoms with Crippen molar-refractivity contribution in [3.63, 3.8) is 0 Å². The van der Waals surface area contributed by atoms with E-state index in [0.29, 0.717) is 12.4 Å². The summed E-state index contributed by atoms with van der Waals surface area (Å²) >= 11 is 0.